The molecule has 0 fully saturated rings. The maximum atomic E-state index is 12.1. The maximum absolute atomic E-state index is 12.1. The number of hydrogen-bond acceptors (Lipinski definition) is 4. The van der Waals surface area contributed by atoms with Crippen LogP contribution >= 0.6 is 11.6 Å². The molecule has 1 aliphatic heterocycles. The zero-order valence-electron chi connectivity index (χ0n) is 13.9. The van der Waals surface area contributed by atoms with Crippen LogP contribution in [0.1, 0.15) is 26.3 Å². The van der Waals surface area contributed by atoms with Gasteiger partial charge in [-0.1, -0.05) is 23.7 Å². The topological polar surface area (TPSA) is 53.9 Å². The summed E-state index contributed by atoms with van der Waals surface area (Å²) >= 11 is 5.87. The summed E-state index contributed by atoms with van der Waals surface area (Å²) in [6.07, 6.45) is 0.590. The molecule has 0 aromatic heterocycles. The van der Waals surface area contributed by atoms with Crippen LogP contribution in [-0.4, -0.2) is 48.6 Å². The first-order valence-corrected chi connectivity index (χ1v) is 8.21. The number of carbonyl (C=O) groups is 1. The summed E-state index contributed by atoms with van der Waals surface area (Å²) in [5.41, 5.74) is 0.732. The molecule has 0 saturated carbocycles. The molecule has 0 atom stereocenters. The van der Waals surface area contributed by atoms with Crippen LogP contribution in [0.4, 0.5) is 4.79 Å². The number of benzene rings is 1. The third-order valence-electron chi connectivity index (χ3n) is 3.32. The van der Waals surface area contributed by atoms with E-state index in [4.69, 9.17) is 16.3 Å². The highest BCUT2D eigenvalue weighted by atomic mass is 35.5. The van der Waals surface area contributed by atoms with E-state index in [-0.39, 0.29) is 6.09 Å². The number of carbonyl (C=O) groups excluding carboxylic acids is 1. The quantitative estimate of drug-likeness (QED) is 0.922. The molecule has 6 heteroatoms. The molecule has 2 rings (SSSR count). The lowest BCUT2D eigenvalue weighted by molar-refractivity contribution is 0.0276. The fourth-order valence-electron chi connectivity index (χ4n) is 2.21. The Hall–Kier alpha value is -1.75. The number of nitrogens with one attached hydrogen (secondary N) is 1. The van der Waals surface area contributed by atoms with Crippen molar-refractivity contribution in [2.45, 2.75) is 32.8 Å². The van der Waals surface area contributed by atoms with Crippen molar-refractivity contribution in [2.75, 3.05) is 26.2 Å². The van der Waals surface area contributed by atoms with Crippen molar-refractivity contribution in [3.8, 4) is 0 Å². The first-order valence-electron chi connectivity index (χ1n) is 7.83. The van der Waals surface area contributed by atoms with Gasteiger partial charge < -0.3 is 10.1 Å². The number of rotatable bonds is 3. The Balaban J connectivity index is 1.78. The highest BCUT2D eigenvalue weighted by Crippen LogP contribution is 2.11. The Labute approximate surface area is 142 Å². The van der Waals surface area contributed by atoms with Crippen molar-refractivity contribution in [1.82, 2.24) is 10.2 Å². The van der Waals surface area contributed by atoms with Gasteiger partial charge in [0, 0.05) is 18.1 Å². The number of amidine groups is 1. The molecule has 1 aromatic rings. The second-order valence-corrected chi connectivity index (χ2v) is 6.97. The van der Waals surface area contributed by atoms with Crippen molar-refractivity contribution in [3.63, 3.8) is 0 Å². The van der Waals surface area contributed by atoms with Gasteiger partial charge in [-0.15, -0.1) is 0 Å². The number of hydrogen-bond donors (Lipinski definition) is 1. The van der Waals surface area contributed by atoms with Crippen molar-refractivity contribution in [2.24, 2.45) is 4.99 Å². The predicted molar refractivity (Wildman–Crippen MR) is 93.3 cm³/mol. The van der Waals surface area contributed by atoms with Gasteiger partial charge in [-0.05, 0) is 44.9 Å². The van der Waals surface area contributed by atoms with E-state index >= 15 is 0 Å². The molecule has 0 unspecified atom stereocenters. The number of amides is 1. The Kier molecular flexibility index (Phi) is 5.88. The summed E-state index contributed by atoms with van der Waals surface area (Å²) in [6.45, 7) is 8.04. The van der Waals surface area contributed by atoms with Crippen molar-refractivity contribution >= 4 is 23.5 Å². The van der Waals surface area contributed by atoms with Crippen LogP contribution in [-0.2, 0) is 11.2 Å². The van der Waals surface area contributed by atoms with Gasteiger partial charge >= 0.3 is 6.09 Å². The Bertz CT molecular complexity index is 564. The largest absolute Gasteiger partial charge is 0.444 e. The normalized spacial score (nSPS) is 15.1. The van der Waals surface area contributed by atoms with E-state index in [1.54, 1.807) is 4.90 Å². The molecule has 1 N–H and O–H groups in total. The van der Waals surface area contributed by atoms with E-state index in [1.165, 1.54) is 5.56 Å². The molecule has 0 saturated heterocycles. The lowest BCUT2D eigenvalue weighted by Gasteiger charge is -2.29. The minimum Gasteiger partial charge on any atom is -0.444 e. The summed E-state index contributed by atoms with van der Waals surface area (Å²) < 4.78 is 5.40. The molecule has 5 nitrogen and oxygen atoms in total. The van der Waals surface area contributed by atoms with E-state index in [0.29, 0.717) is 19.6 Å². The number of aliphatic imine (C=N–C) groups is 1. The fourth-order valence-corrected chi connectivity index (χ4v) is 2.34. The molecule has 1 heterocycles. The molecule has 126 valence electrons. The van der Waals surface area contributed by atoms with Crippen LogP contribution in [0.3, 0.4) is 0 Å². The third-order valence-corrected chi connectivity index (χ3v) is 3.57. The molecule has 0 bridgehead atoms. The van der Waals surface area contributed by atoms with Gasteiger partial charge in [0.1, 0.15) is 11.4 Å². The molecular weight excluding hydrogens is 314 g/mol. The van der Waals surface area contributed by atoms with Crippen molar-refractivity contribution in [3.05, 3.63) is 34.9 Å². The van der Waals surface area contributed by atoms with E-state index in [1.807, 2.05) is 45.0 Å². The highest BCUT2D eigenvalue weighted by molar-refractivity contribution is 6.30. The van der Waals surface area contributed by atoms with Gasteiger partial charge in [0.15, 0.2) is 0 Å². The number of halogens is 1. The van der Waals surface area contributed by atoms with Crippen LogP contribution in [0.15, 0.2) is 29.3 Å². The van der Waals surface area contributed by atoms with Gasteiger partial charge in [-0.2, -0.15) is 0 Å². The second-order valence-electron chi connectivity index (χ2n) is 6.53. The minimum absolute atomic E-state index is 0.288. The summed E-state index contributed by atoms with van der Waals surface area (Å²) in [7, 11) is 0. The Morgan fingerprint density at radius 2 is 2.04 bits per heavy atom. The minimum atomic E-state index is -0.478. The fraction of sp³-hybridized carbons (Fsp3) is 0.529. The first-order chi connectivity index (χ1) is 10.8. The molecule has 23 heavy (non-hydrogen) atoms. The van der Waals surface area contributed by atoms with Crippen LogP contribution in [0.2, 0.25) is 5.02 Å². The van der Waals surface area contributed by atoms with Crippen molar-refractivity contribution in [1.29, 1.82) is 0 Å². The summed E-state index contributed by atoms with van der Waals surface area (Å²) in [5.74, 6) is 0.830. The highest BCUT2D eigenvalue weighted by Gasteiger charge is 2.24. The number of ether oxygens (including phenoxy) is 1. The molecule has 0 aliphatic carbocycles. The Morgan fingerprint density at radius 1 is 1.35 bits per heavy atom. The van der Waals surface area contributed by atoms with Gasteiger partial charge in [0.2, 0.25) is 0 Å². The van der Waals surface area contributed by atoms with E-state index in [2.05, 4.69) is 10.3 Å². The van der Waals surface area contributed by atoms with Crippen LogP contribution in [0.5, 0.6) is 0 Å². The predicted octanol–water partition coefficient (Wildman–Crippen LogP) is 3.12. The van der Waals surface area contributed by atoms with E-state index in [0.717, 1.165) is 23.8 Å². The SMILES string of the molecule is CC(C)(C)OC(=O)N1CCN=C(NCCc2ccc(Cl)cc2)C1. The third kappa shape index (κ3) is 6.10. The van der Waals surface area contributed by atoms with Crippen LogP contribution < -0.4 is 5.32 Å². The van der Waals surface area contributed by atoms with E-state index in [9.17, 15) is 4.79 Å². The molecule has 0 radical (unpaired) electrons. The lowest BCUT2D eigenvalue weighted by Crippen LogP contribution is -2.47. The summed E-state index contributed by atoms with van der Waals surface area (Å²) in [6, 6.07) is 7.80. The van der Waals surface area contributed by atoms with Crippen LogP contribution in [0, 0.1) is 0 Å². The first kappa shape index (κ1) is 17.6. The summed E-state index contributed by atoms with van der Waals surface area (Å²) in [5, 5.41) is 4.04. The molecule has 0 spiro atoms. The summed E-state index contributed by atoms with van der Waals surface area (Å²) in [4.78, 5) is 18.2. The van der Waals surface area contributed by atoms with Gasteiger partial charge in [0.25, 0.3) is 0 Å². The van der Waals surface area contributed by atoms with Crippen LogP contribution in [0.25, 0.3) is 0 Å². The zero-order chi connectivity index (χ0) is 16.9. The van der Waals surface area contributed by atoms with Gasteiger partial charge in [0.05, 0.1) is 13.1 Å². The maximum Gasteiger partial charge on any atom is 0.410 e. The average molecular weight is 338 g/mol. The lowest BCUT2D eigenvalue weighted by atomic mass is 10.1. The van der Waals surface area contributed by atoms with Gasteiger partial charge in [-0.25, -0.2) is 4.79 Å². The average Bonchev–Trinajstić information content (AvgIpc) is 2.48. The zero-order valence-corrected chi connectivity index (χ0v) is 14.7. The standard InChI is InChI=1S/C17H24ClN3O2/c1-17(2,3)23-16(22)21-11-10-20-15(12-21)19-9-8-13-4-6-14(18)7-5-13/h4-7H,8-12H2,1-3H3,(H,19,20). The molecular formula is C17H24ClN3O2. The van der Waals surface area contributed by atoms with Crippen molar-refractivity contribution < 1.29 is 9.53 Å². The monoisotopic (exact) mass is 337 g/mol. The van der Waals surface area contributed by atoms with E-state index < -0.39 is 5.60 Å². The smallest absolute Gasteiger partial charge is 0.410 e. The molecule has 1 aromatic carbocycles. The molecule has 1 amide bonds. The Morgan fingerprint density at radius 3 is 2.70 bits per heavy atom. The van der Waals surface area contributed by atoms with Gasteiger partial charge in [-0.3, -0.25) is 9.89 Å². The number of nitrogens with zero attached hydrogens (tertiary/aromatic N) is 2. The second kappa shape index (κ2) is 7.68. The molecule has 1 aliphatic rings.